The Kier molecular flexibility index (Phi) is 5.76. The van der Waals surface area contributed by atoms with Crippen LogP contribution in [0.4, 0.5) is 0 Å². The molecule has 1 unspecified atom stereocenters. The van der Waals surface area contributed by atoms with Gasteiger partial charge in [-0.25, -0.2) is 0 Å². The summed E-state index contributed by atoms with van der Waals surface area (Å²) in [5.74, 6) is 0.855. The molecule has 1 N–H and O–H groups in total. The van der Waals surface area contributed by atoms with Crippen molar-refractivity contribution in [3.8, 4) is 5.75 Å². The lowest BCUT2D eigenvalue weighted by Crippen LogP contribution is -2.05. The maximum absolute atomic E-state index is 10.3. The Morgan fingerprint density at radius 3 is 2.62 bits per heavy atom. The number of aromatic nitrogens is 1. The van der Waals surface area contributed by atoms with Crippen LogP contribution in [0.1, 0.15) is 42.7 Å². The number of aliphatic hydroxyl groups is 1. The average molecular weight is 285 g/mol. The monoisotopic (exact) mass is 285 g/mol. The van der Waals surface area contributed by atoms with Crippen molar-refractivity contribution in [3.05, 3.63) is 59.4 Å². The van der Waals surface area contributed by atoms with E-state index < -0.39 is 6.10 Å². The van der Waals surface area contributed by atoms with Gasteiger partial charge in [0.15, 0.2) is 0 Å². The summed E-state index contributed by atoms with van der Waals surface area (Å²) in [6, 6.07) is 11.6. The molecule has 0 bridgehead atoms. The van der Waals surface area contributed by atoms with Crippen LogP contribution in [0.3, 0.4) is 0 Å². The second-order valence-electron chi connectivity index (χ2n) is 5.26. The Morgan fingerprint density at radius 1 is 1.19 bits per heavy atom. The highest BCUT2D eigenvalue weighted by molar-refractivity contribution is 5.30. The topological polar surface area (TPSA) is 42.4 Å². The van der Waals surface area contributed by atoms with E-state index in [-0.39, 0.29) is 0 Å². The van der Waals surface area contributed by atoms with Crippen LogP contribution in [0.15, 0.2) is 42.6 Å². The standard InChI is InChI=1S/C18H23NO2/c1-3-4-12-21-16-9-7-15(8-10-16)18(20)13-17-14(2)6-5-11-19-17/h5-11,18,20H,3-4,12-13H2,1-2H3. The number of pyridine rings is 1. The molecule has 0 saturated carbocycles. The van der Waals surface area contributed by atoms with Crippen molar-refractivity contribution < 1.29 is 9.84 Å². The molecule has 0 aliphatic heterocycles. The molecule has 2 rings (SSSR count). The molecule has 0 aliphatic carbocycles. The molecule has 0 radical (unpaired) electrons. The average Bonchev–Trinajstić information content (AvgIpc) is 2.50. The number of aliphatic hydroxyl groups excluding tert-OH is 1. The molecule has 0 saturated heterocycles. The first-order valence-corrected chi connectivity index (χ1v) is 7.52. The summed E-state index contributed by atoms with van der Waals surface area (Å²) in [4.78, 5) is 4.33. The normalized spacial score (nSPS) is 12.1. The maximum Gasteiger partial charge on any atom is 0.119 e. The minimum absolute atomic E-state index is 0.530. The third kappa shape index (κ3) is 4.57. The van der Waals surface area contributed by atoms with E-state index in [2.05, 4.69) is 11.9 Å². The largest absolute Gasteiger partial charge is 0.494 e. The number of unbranched alkanes of at least 4 members (excludes halogenated alkanes) is 1. The van der Waals surface area contributed by atoms with Gasteiger partial charge in [0.05, 0.1) is 12.7 Å². The number of aryl methyl sites for hydroxylation is 1. The summed E-state index contributed by atoms with van der Waals surface area (Å²) in [6.45, 7) is 4.90. The first-order valence-electron chi connectivity index (χ1n) is 7.52. The number of rotatable bonds is 7. The molecule has 2 aromatic rings. The minimum Gasteiger partial charge on any atom is -0.494 e. The lowest BCUT2D eigenvalue weighted by Gasteiger charge is -2.13. The zero-order valence-electron chi connectivity index (χ0n) is 12.7. The van der Waals surface area contributed by atoms with E-state index in [1.165, 1.54) is 0 Å². The predicted molar refractivity (Wildman–Crippen MR) is 84.5 cm³/mol. The lowest BCUT2D eigenvalue weighted by atomic mass is 10.0. The number of hydrogen-bond acceptors (Lipinski definition) is 3. The van der Waals surface area contributed by atoms with Crippen LogP contribution in [0.2, 0.25) is 0 Å². The number of hydrogen-bond donors (Lipinski definition) is 1. The highest BCUT2D eigenvalue weighted by Gasteiger charge is 2.11. The number of nitrogens with zero attached hydrogens (tertiary/aromatic N) is 1. The van der Waals surface area contributed by atoms with Gasteiger partial charge in [-0.2, -0.15) is 0 Å². The third-order valence-electron chi connectivity index (χ3n) is 3.54. The quantitative estimate of drug-likeness (QED) is 0.786. The highest BCUT2D eigenvalue weighted by Crippen LogP contribution is 2.21. The van der Waals surface area contributed by atoms with Crippen LogP contribution < -0.4 is 4.74 Å². The van der Waals surface area contributed by atoms with Crippen molar-refractivity contribution in [1.29, 1.82) is 0 Å². The van der Waals surface area contributed by atoms with Gasteiger partial charge in [-0.15, -0.1) is 0 Å². The number of ether oxygens (including phenoxy) is 1. The molecular weight excluding hydrogens is 262 g/mol. The fraction of sp³-hybridized carbons (Fsp3) is 0.389. The smallest absolute Gasteiger partial charge is 0.119 e. The van der Waals surface area contributed by atoms with Crippen LogP contribution in [-0.4, -0.2) is 16.7 Å². The van der Waals surface area contributed by atoms with Gasteiger partial charge in [-0.05, 0) is 42.7 Å². The summed E-state index contributed by atoms with van der Waals surface area (Å²) in [5.41, 5.74) is 2.94. The van der Waals surface area contributed by atoms with Crippen molar-refractivity contribution in [2.45, 2.75) is 39.2 Å². The molecule has 1 aromatic carbocycles. The molecular formula is C18H23NO2. The molecule has 3 heteroatoms. The van der Waals surface area contributed by atoms with Gasteiger partial charge in [-0.1, -0.05) is 31.5 Å². The van der Waals surface area contributed by atoms with Gasteiger partial charge in [-0.3, -0.25) is 4.98 Å². The molecule has 1 heterocycles. The second kappa shape index (κ2) is 7.79. The van der Waals surface area contributed by atoms with Crippen LogP contribution in [0.5, 0.6) is 5.75 Å². The van der Waals surface area contributed by atoms with E-state index in [0.717, 1.165) is 42.0 Å². The van der Waals surface area contributed by atoms with Crippen molar-refractivity contribution >= 4 is 0 Å². The maximum atomic E-state index is 10.3. The third-order valence-corrected chi connectivity index (χ3v) is 3.54. The van der Waals surface area contributed by atoms with E-state index >= 15 is 0 Å². The summed E-state index contributed by atoms with van der Waals surface area (Å²) >= 11 is 0. The SMILES string of the molecule is CCCCOc1ccc(C(O)Cc2ncccc2C)cc1. The molecule has 21 heavy (non-hydrogen) atoms. The first kappa shape index (κ1) is 15.5. The van der Waals surface area contributed by atoms with Crippen molar-refractivity contribution in [2.75, 3.05) is 6.61 Å². The van der Waals surface area contributed by atoms with Crippen LogP contribution >= 0.6 is 0 Å². The Morgan fingerprint density at radius 2 is 1.95 bits per heavy atom. The predicted octanol–water partition coefficient (Wildman–Crippen LogP) is 3.85. The molecule has 0 aliphatic rings. The molecule has 0 amide bonds. The summed E-state index contributed by atoms with van der Waals surface area (Å²) in [6.07, 6.45) is 3.94. The van der Waals surface area contributed by atoms with Crippen LogP contribution in [0.25, 0.3) is 0 Å². The molecule has 1 aromatic heterocycles. The van der Waals surface area contributed by atoms with Crippen molar-refractivity contribution in [1.82, 2.24) is 4.98 Å². The van der Waals surface area contributed by atoms with Crippen LogP contribution in [0, 0.1) is 6.92 Å². The Hall–Kier alpha value is -1.87. The molecule has 0 fully saturated rings. The fourth-order valence-corrected chi connectivity index (χ4v) is 2.15. The second-order valence-corrected chi connectivity index (χ2v) is 5.26. The van der Waals surface area contributed by atoms with Crippen molar-refractivity contribution in [2.24, 2.45) is 0 Å². The van der Waals surface area contributed by atoms with E-state index in [1.54, 1.807) is 6.20 Å². The van der Waals surface area contributed by atoms with Gasteiger partial charge in [0, 0.05) is 18.3 Å². The van der Waals surface area contributed by atoms with E-state index in [9.17, 15) is 5.11 Å². The molecule has 0 spiro atoms. The van der Waals surface area contributed by atoms with E-state index in [4.69, 9.17) is 4.74 Å². The van der Waals surface area contributed by atoms with E-state index in [0.29, 0.717) is 6.42 Å². The zero-order valence-corrected chi connectivity index (χ0v) is 12.7. The van der Waals surface area contributed by atoms with E-state index in [1.807, 2.05) is 43.3 Å². The minimum atomic E-state index is -0.539. The lowest BCUT2D eigenvalue weighted by molar-refractivity contribution is 0.177. The Labute approximate surface area is 126 Å². The zero-order chi connectivity index (χ0) is 15.1. The molecule has 3 nitrogen and oxygen atoms in total. The Balaban J connectivity index is 1.96. The van der Waals surface area contributed by atoms with Gasteiger partial charge < -0.3 is 9.84 Å². The van der Waals surface area contributed by atoms with Crippen molar-refractivity contribution in [3.63, 3.8) is 0 Å². The van der Waals surface area contributed by atoms with Crippen LogP contribution in [-0.2, 0) is 6.42 Å². The Bertz CT molecular complexity index is 551. The number of benzene rings is 1. The highest BCUT2D eigenvalue weighted by atomic mass is 16.5. The molecule has 1 atom stereocenters. The molecule has 112 valence electrons. The summed E-state index contributed by atoms with van der Waals surface area (Å²) in [7, 11) is 0. The summed E-state index contributed by atoms with van der Waals surface area (Å²) in [5, 5.41) is 10.3. The van der Waals surface area contributed by atoms with Gasteiger partial charge in [0.25, 0.3) is 0 Å². The van der Waals surface area contributed by atoms with Gasteiger partial charge >= 0.3 is 0 Å². The fourth-order valence-electron chi connectivity index (χ4n) is 2.15. The van der Waals surface area contributed by atoms with Gasteiger partial charge in [0.2, 0.25) is 0 Å². The first-order chi connectivity index (χ1) is 10.2. The van der Waals surface area contributed by atoms with Gasteiger partial charge in [0.1, 0.15) is 5.75 Å². The summed E-state index contributed by atoms with van der Waals surface area (Å²) < 4.78 is 5.62.